The first-order valence-electron chi connectivity index (χ1n) is 6.27. The molecule has 1 aliphatic carbocycles. The fraction of sp³-hybridized carbons (Fsp3) is 0.429. The molecule has 0 aliphatic heterocycles. The zero-order valence-electron chi connectivity index (χ0n) is 10.6. The van der Waals surface area contributed by atoms with Crippen molar-refractivity contribution in [3.63, 3.8) is 0 Å². The summed E-state index contributed by atoms with van der Waals surface area (Å²) in [5.41, 5.74) is 1.67. The summed E-state index contributed by atoms with van der Waals surface area (Å²) in [5, 5.41) is 11.8. The quantitative estimate of drug-likeness (QED) is 0.897. The number of halogens is 1. The minimum absolute atomic E-state index is 0.0400. The number of hydrogen-bond acceptors (Lipinski definition) is 2. The number of benzene rings is 1. The van der Waals surface area contributed by atoms with Crippen LogP contribution in [-0.4, -0.2) is 23.0 Å². The summed E-state index contributed by atoms with van der Waals surface area (Å²) in [4.78, 5) is 23.0. The van der Waals surface area contributed by atoms with E-state index in [2.05, 4.69) is 21.2 Å². The molecule has 4 nitrogen and oxygen atoms in total. The van der Waals surface area contributed by atoms with E-state index in [4.69, 9.17) is 5.11 Å². The average Bonchev–Trinajstić information content (AvgIpc) is 2.77. The van der Waals surface area contributed by atoms with Gasteiger partial charge in [-0.3, -0.25) is 9.59 Å². The third kappa shape index (κ3) is 3.35. The van der Waals surface area contributed by atoms with Crippen molar-refractivity contribution >= 4 is 27.8 Å². The van der Waals surface area contributed by atoms with Crippen molar-refractivity contribution in [2.75, 3.05) is 0 Å². The summed E-state index contributed by atoms with van der Waals surface area (Å²) in [5.74, 6) is -1.25. The Morgan fingerprint density at radius 3 is 2.68 bits per heavy atom. The van der Waals surface area contributed by atoms with E-state index < -0.39 is 5.97 Å². The first-order chi connectivity index (χ1) is 8.97. The van der Waals surface area contributed by atoms with Gasteiger partial charge in [-0.25, -0.2) is 0 Å². The number of rotatable bonds is 3. The van der Waals surface area contributed by atoms with Gasteiger partial charge in [-0.1, -0.05) is 6.07 Å². The van der Waals surface area contributed by atoms with Crippen LogP contribution in [0.1, 0.15) is 35.2 Å². The number of hydrogen-bond donors (Lipinski definition) is 2. The van der Waals surface area contributed by atoms with E-state index >= 15 is 0 Å². The van der Waals surface area contributed by atoms with Crippen LogP contribution < -0.4 is 5.32 Å². The fourth-order valence-corrected chi connectivity index (χ4v) is 3.08. The maximum atomic E-state index is 12.1. The highest BCUT2D eigenvalue weighted by atomic mass is 79.9. The number of aryl methyl sites for hydroxylation is 1. The summed E-state index contributed by atoms with van der Waals surface area (Å²) < 4.78 is 0.762. The van der Waals surface area contributed by atoms with Gasteiger partial charge in [-0.2, -0.15) is 0 Å². The smallest absolute Gasteiger partial charge is 0.306 e. The van der Waals surface area contributed by atoms with E-state index in [0.29, 0.717) is 18.4 Å². The van der Waals surface area contributed by atoms with Gasteiger partial charge in [0.05, 0.1) is 11.5 Å². The second kappa shape index (κ2) is 5.74. The summed E-state index contributed by atoms with van der Waals surface area (Å²) in [6, 6.07) is 5.51. The second-order valence-corrected chi connectivity index (χ2v) is 5.86. The Bertz CT molecular complexity index is 515. The molecule has 0 unspecified atom stereocenters. The number of carbonyl (C=O) groups is 2. The standard InChI is InChI=1S/C14H16BrNO3/c1-8-2-5-11(12(15)6-8)13(17)16-10-4-3-9(7-10)14(18)19/h2,5-6,9-10H,3-4,7H2,1H3,(H,16,17)(H,18,19)/t9-,10+/m0/s1. The lowest BCUT2D eigenvalue weighted by Crippen LogP contribution is -2.33. The second-order valence-electron chi connectivity index (χ2n) is 5.00. The molecule has 0 radical (unpaired) electrons. The first-order valence-corrected chi connectivity index (χ1v) is 7.06. The Labute approximate surface area is 120 Å². The van der Waals surface area contributed by atoms with Crippen LogP contribution in [0.25, 0.3) is 0 Å². The van der Waals surface area contributed by atoms with Crippen LogP contribution in [0.4, 0.5) is 0 Å². The fourth-order valence-electron chi connectivity index (χ4n) is 2.40. The molecule has 1 aromatic carbocycles. The molecule has 5 heteroatoms. The van der Waals surface area contributed by atoms with Gasteiger partial charge in [-0.15, -0.1) is 0 Å². The van der Waals surface area contributed by atoms with Crippen molar-refractivity contribution in [1.82, 2.24) is 5.32 Å². The number of carbonyl (C=O) groups excluding carboxylic acids is 1. The Kier molecular flexibility index (Phi) is 4.24. The van der Waals surface area contributed by atoms with E-state index in [9.17, 15) is 9.59 Å². The Balaban J connectivity index is 2.00. The van der Waals surface area contributed by atoms with Crippen LogP contribution in [0, 0.1) is 12.8 Å². The van der Waals surface area contributed by atoms with Crippen molar-refractivity contribution in [2.24, 2.45) is 5.92 Å². The van der Waals surface area contributed by atoms with Crippen LogP contribution >= 0.6 is 15.9 Å². The third-order valence-electron chi connectivity index (χ3n) is 3.49. The predicted octanol–water partition coefficient (Wildman–Crippen LogP) is 2.74. The lowest BCUT2D eigenvalue weighted by molar-refractivity contribution is -0.141. The lowest BCUT2D eigenvalue weighted by atomic mass is 10.1. The largest absolute Gasteiger partial charge is 0.481 e. The molecule has 2 N–H and O–H groups in total. The average molecular weight is 326 g/mol. The molecule has 1 aromatic rings. The molecule has 1 amide bonds. The van der Waals surface area contributed by atoms with Crippen LogP contribution in [0.5, 0.6) is 0 Å². The summed E-state index contributed by atoms with van der Waals surface area (Å²) in [6.45, 7) is 1.96. The van der Waals surface area contributed by atoms with Gasteiger partial charge >= 0.3 is 5.97 Å². The SMILES string of the molecule is Cc1ccc(C(=O)N[C@@H]2CC[C@H](C(=O)O)C2)c(Br)c1. The molecule has 2 atom stereocenters. The topological polar surface area (TPSA) is 66.4 Å². The van der Waals surface area contributed by atoms with Crippen molar-refractivity contribution in [2.45, 2.75) is 32.2 Å². The molecule has 0 heterocycles. The third-order valence-corrected chi connectivity index (χ3v) is 4.14. The van der Waals surface area contributed by atoms with Crippen molar-refractivity contribution < 1.29 is 14.7 Å². The molecule has 0 saturated heterocycles. The van der Waals surface area contributed by atoms with Crippen LogP contribution in [-0.2, 0) is 4.79 Å². The Morgan fingerprint density at radius 1 is 1.37 bits per heavy atom. The van der Waals surface area contributed by atoms with Gasteiger partial charge in [0, 0.05) is 10.5 Å². The van der Waals surface area contributed by atoms with E-state index in [1.807, 2.05) is 19.1 Å². The molecule has 1 fully saturated rings. The van der Waals surface area contributed by atoms with Crippen LogP contribution in [0.15, 0.2) is 22.7 Å². The number of carboxylic acid groups (broad SMARTS) is 1. The monoisotopic (exact) mass is 325 g/mol. The van der Waals surface area contributed by atoms with Crippen molar-refractivity contribution in [1.29, 1.82) is 0 Å². The van der Waals surface area contributed by atoms with Gasteiger partial charge in [0.25, 0.3) is 5.91 Å². The van der Waals surface area contributed by atoms with Crippen LogP contribution in [0.2, 0.25) is 0 Å². The lowest BCUT2D eigenvalue weighted by Gasteiger charge is -2.13. The highest BCUT2D eigenvalue weighted by Gasteiger charge is 2.30. The van der Waals surface area contributed by atoms with Gasteiger partial charge in [0.1, 0.15) is 0 Å². The molecular formula is C14H16BrNO3. The molecular weight excluding hydrogens is 310 g/mol. The van der Waals surface area contributed by atoms with Crippen molar-refractivity contribution in [3.8, 4) is 0 Å². The number of nitrogens with one attached hydrogen (secondary N) is 1. The number of carboxylic acids is 1. The molecule has 0 spiro atoms. The maximum absolute atomic E-state index is 12.1. The zero-order chi connectivity index (χ0) is 14.0. The highest BCUT2D eigenvalue weighted by molar-refractivity contribution is 9.10. The van der Waals surface area contributed by atoms with Gasteiger partial charge in [0.2, 0.25) is 0 Å². The Morgan fingerprint density at radius 2 is 2.11 bits per heavy atom. The van der Waals surface area contributed by atoms with Crippen molar-refractivity contribution in [3.05, 3.63) is 33.8 Å². The van der Waals surface area contributed by atoms with Gasteiger partial charge in [0.15, 0.2) is 0 Å². The Hall–Kier alpha value is -1.36. The molecule has 1 saturated carbocycles. The normalized spacial score (nSPS) is 22.2. The number of aliphatic carboxylic acids is 1. The molecule has 1 aliphatic rings. The molecule has 19 heavy (non-hydrogen) atoms. The maximum Gasteiger partial charge on any atom is 0.306 e. The molecule has 0 bridgehead atoms. The number of amides is 1. The van der Waals surface area contributed by atoms with E-state index in [1.54, 1.807) is 6.07 Å². The predicted molar refractivity (Wildman–Crippen MR) is 75.1 cm³/mol. The summed E-state index contributed by atoms with van der Waals surface area (Å²) in [7, 11) is 0. The molecule has 102 valence electrons. The van der Waals surface area contributed by atoms with E-state index in [0.717, 1.165) is 16.5 Å². The minimum atomic E-state index is -0.770. The summed E-state index contributed by atoms with van der Waals surface area (Å²) >= 11 is 3.38. The molecule has 0 aromatic heterocycles. The van der Waals surface area contributed by atoms with E-state index in [-0.39, 0.29) is 17.9 Å². The van der Waals surface area contributed by atoms with Crippen LogP contribution in [0.3, 0.4) is 0 Å². The van der Waals surface area contributed by atoms with E-state index in [1.165, 1.54) is 0 Å². The highest BCUT2D eigenvalue weighted by Crippen LogP contribution is 2.26. The summed E-state index contributed by atoms with van der Waals surface area (Å²) in [6.07, 6.45) is 1.88. The van der Waals surface area contributed by atoms with Gasteiger partial charge in [-0.05, 0) is 59.8 Å². The first kappa shape index (κ1) is 14.1. The molecule has 2 rings (SSSR count). The van der Waals surface area contributed by atoms with Gasteiger partial charge < -0.3 is 10.4 Å². The zero-order valence-corrected chi connectivity index (χ0v) is 12.2. The minimum Gasteiger partial charge on any atom is -0.481 e.